The number of rotatable bonds is 6. The molecule has 0 aliphatic heterocycles. The average molecular weight is 435 g/mol. The highest BCUT2D eigenvalue weighted by Gasteiger charge is 2.30. The summed E-state index contributed by atoms with van der Waals surface area (Å²) < 4.78 is 35.4. The van der Waals surface area contributed by atoms with Gasteiger partial charge in [0.2, 0.25) is 5.65 Å². The number of fused-ring (bicyclic) bond motifs is 1. The Morgan fingerprint density at radius 3 is 2.20 bits per heavy atom. The van der Waals surface area contributed by atoms with E-state index < -0.39 is 38.1 Å². The van der Waals surface area contributed by atoms with Crippen molar-refractivity contribution >= 4 is 27.4 Å². The van der Waals surface area contributed by atoms with Crippen molar-refractivity contribution in [2.45, 2.75) is 18.9 Å². The molecular weight excluding hydrogens is 418 g/mol. The largest absolute Gasteiger partial charge is 0.462 e. The fourth-order valence-electron chi connectivity index (χ4n) is 2.59. The SMILES string of the molecule is CCOC(=O)c1ccc(-n2nnc3c(C(=O)OCC)c(S(C)(=O)=O)nn3c2=O)cc1. The van der Waals surface area contributed by atoms with Gasteiger partial charge in [-0.1, -0.05) is 5.21 Å². The maximum Gasteiger partial charge on any atom is 0.373 e. The van der Waals surface area contributed by atoms with Crippen molar-refractivity contribution in [1.82, 2.24) is 24.6 Å². The monoisotopic (exact) mass is 435 g/mol. The second-order valence-electron chi connectivity index (χ2n) is 5.96. The van der Waals surface area contributed by atoms with Crippen LogP contribution in [-0.2, 0) is 19.3 Å². The van der Waals surface area contributed by atoms with Gasteiger partial charge in [-0.15, -0.1) is 10.2 Å². The molecule has 2 aromatic heterocycles. The first-order chi connectivity index (χ1) is 14.2. The van der Waals surface area contributed by atoms with Gasteiger partial charge in [-0.05, 0) is 38.1 Å². The van der Waals surface area contributed by atoms with Crippen molar-refractivity contribution in [2.75, 3.05) is 19.5 Å². The van der Waals surface area contributed by atoms with E-state index in [1.54, 1.807) is 13.8 Å². The van der Waals surface area contributed by atoms with Gasteiger partial charge in [-0.3, -0.25) is 0 Å². The van der Waals surface area contributed by atoms with Crippen LogP contribution in [0, 0.1) is 0 Å². The normalized spacial score (nSPS) is 11.4. The summed E-state index contributed by atoms with van der Waals surface area (Å²) >= 11 is 0. The molecule has 1 aromatic carbocycles. The first-order valence-corrected chi connectivity index (χ1v) is 10.6. The molecule has 0 aliphatic carbocycles. The fraction of sp³-hybridized carbons (Fsp3) is 0.294. The molecule has 12 nitrogen and oxygen atoms in total. The molecule has 0 fully saturated rings. The van der Waals surface area contributed by atoms with Gasteiger partial charge >= 0.3 is 17.6 Å². The number of benzene rings is 1. The van der Waals surface area contributed by atoms with E-state index in [4.69, 9.17) is 9.47 Å². The van der Waals surface area contributed by atoms with Crippen molar-refractivity contribution in [3.63, 3.8) is 0 Å². The summed E-state index contributed by atoms with van der Waals surface area (Å²) in [5, 5.41) is 10.7. The number of hydrogen-bond acceptors (Lipinski definition) is 10. The Labute approximate surface area is 169 Å². The van der Waals surface area contributed by atoms with Gasteiger partial charge in [0.15, 0.2) is 14.9 Å². The van der Waals surface area contributed by atoms with E-state index in [1.165, 1.54) is 24.3 Å². The summed E-state index contributed by atoms with van der Waals surface area (Å²) in [4.78, 5) is 36.8. The van der Waals surface area contributed by atoms with Crippen LogP contribution in [0.15, 0.2) is 34.1 Å². The topological polar surface area (TPSA) is 152 Å². The summed E-state index contributed by atoms with van der Waals surface area (Å²) in [6.45, 7) is 3.42. The number of carbonyl (C=O) groups is 2. The van der Waals surface area contributed by atoms with Gasteiger partial charge in [-0.2, -0.15) is 9.20 Å². The lowest BCUT2D eigenvalue weighted by molar-refractivity contribution is 0.0515. The Balaban J connectivity index is 2.16. The van der Waals surface area contributed by atoms with Crippen LogP contribution in [0.3, 0.4) is 0 Å². The summed E-state index contributed by atoms with van der Waals surface area (Å²) in [6, 6.07) is 5.73. The Kier molecular flexibility index (Phi) is 5.64. The summed E-state index contributed by atoms with van der Waals surface area (Å²) in [7, 11) is -3.97. The molecule has 0 bridgehead atoms. The summed E-state index contributed by atoms with van der Waals surface area (Å²) in [5.41, 5.74) is -1.18. The van der Waals surface area contributed by atoms with Crippen molar-refractivity contribution in [1.29, 1.82) is 0 Å². The summed E-state index contributed by atoms with van der Waals surface area (Å²) in [6.07, 6.45) is 0.845. The molecule has 0 atom stereocenters. The van der Waals surface area contributed by atoms with Crippen LogP contribution >= 0.6 is 0 Å². The molecule has 2 heterocycles. The lowest BCUT2D eigenvalue weighted by Gasteiger charge is -2.05. The average Bonchev–Trinajstić information content (AvgIpc) is 3.10. The molecule has 0 amide bonds. The zero-order chi connectivity index (χ0) is 22.1. The van der Waals surface area contributed by atoms with Crippen LogP contribution in [0.1, 0.15) is 34.6 Å². The van der Waals surface area contributed by atoms with E-state index in [-0.39, 0.29) is 30.1 Å². The molecule has 158 valence electrons. The van der Waals surface area contributed by atoms with Crippen molar-refractivity contribution in [3.8, 4) is 5.69 Å². The molecule has 0 N–H and O–H groups in total. The molecule has 0 unspecified atom stereocenters. The molecular formula is C17H17N5O7S. The van der Waals surface area contributed by atoms with Crippen molar-refractivity contribution < 1.29 is 27.5 Å². The minimum atomic E-state index is -3.97. The molecule has 3 aromatic rings. The highest BCUT2D eigenvalue weighted by molar-refractivity contribution is 7.90. The molecule has 0 aliphatic rings. The maximum atomic E-state index is 12.8. The van der Waals surface area contributed by atoms with E-state index in [0.717, 1.165) is 10.9 Å². The predicted molar refractivity (Wildman–Crippen MR) is 101 cm³/mol. The molecule has 3 rings (SSSR count). The number of carbonyl (C=O) groups excluding carboxylic acids is 2. The van der Waals surface area contributed by atoms with E-state index in [0.29, 0.717) is 4.52 Å². The van der Waals surface area contributed by atoms with Crippen molar-refractivity contribution in [2.24, 2.45) is 0 Å². The van der Waals surface area contributed by atoms with Crippen LogP contribution in [0.5, 0.6) is 0 Å². The lowest BCUT2D eigenvalue weighted by atomic mass is 10.2. The van der Waals surface area contributed by atoms with Gasteiger partial charge in [0.25, 0.3) is 0 Å². The van der Waals surface area contributed by atoms with Crippen LogP contribution in [0.2, 0.25) is 0 Å². The zero-order valence-corrected chi connectivity index (χ0v) is 17.0. The van der Waals surface area contributed by atoms with E-state index in [9.17, 15) is 22.8 Å². The number of aromatic nitrogens is 5. The highest BCUT2D eigenvalue weighted by atomic mass is 32.2. The Morgan fingerprint density at radius 1 is 1.03 bits per heavy atom. The van der Waals surface area contributed by atoms with Gasteiger partial charge in [0, 0.05) is 6.26 Å². The fourth-order valence-corrected chi connectivity index (χ4v) is 3.36. The minimum absolute atomic E-state index is 0.0172. The molecule has 0 spiro atoms. The molecule has 0 saturated heterocycles. The second kappa shape index (κ2) is 8.02. The summed E-state index contributed by atoms with van der Waals surface area (Å²) in [5.74, 6) is -1.51. The third-order valence-corrected chi connectivity index (χ3v) is 4.86. The maximum absolute atomic E-state index is 12.8. The smallest absolute Gasteiger partial charge is 0.373 e. The Morgan fingerprint density at radius 2 is 1.63 bits per heavy atom. The van der Waals surface area contributed by atoms with Gasteiger partial charge in [0.1, 0.15) is 5.56 Å². The van der Waals surface area contributed by atoms with Crippen LogP contribution < -0.4 is 5.69 Å². The number of esters is 2. The lowest BCUT2D eigenvalue weighted by Crippen LogP contribution is -2.29. The third-order valence-electron chi connectivity index (χ3n) is 3.87. The molecule has 0 radical (unpaired) electrons. The number of ether oxygens (including phenoxy) is 2. The Bertz CT molecular complexity index is 1290. The van der Waals surface area contributed by atoms with Crippen LogP contribution in [0.25, 0.3) is 11.3 Å². The molecule has 13 heteroatoms. The number of sulfone groups is 1. The molecule has 30 heavy (non-hydrogen) atoms. The van der Waals surface area contributed by atoms with Gasteiger partial charge in [0.05, 0.1) is 24.5 Å². The van der Waals surface area contributed by atoms with E-state index in [2.05, 4.69) is 15.4 Å². The van der Waals surface area contributed by atoms with Crippen molar-refractivity contribution in [3.05, 3.63) is 45.9 Å². The quantitative estimate of drug-likeness (QED) is 0.485. The highest BCUT2D eigenvalue weighted by Crippen LogP contribution is 2.19. The van der Waals surface area contributed by atoms with Gasteiger partial charge in [-0.25, -0.2) is 22.8 Å². The van der Waals surface area contributed by atoms with Crippen LogP contribution in [0.4, 0.5) is 0 Å². The first kappa shape index (κ1) is 21.1. The standard InChI is InChI=1S/C17H17N5O7S/c1-4-28-15(23)10-6-8-11(9-7-10)21-17(25)22-13(18-20-21)12(16(24)29-5-2)14(19-22)30(3,26)27/h6-9H,4-5H2,1-3H3. The van der Waals surface area contributed by atoms with E-state index >= 15 is 0 Å². The minimum Gasteiger partial charge on any atom is -0.462 e. The number of hydrogen-bond donors (Lipinski definition) is 0. The van der Waals surface area contributed by atoms with Crippen LogP contribution in [-0.4, -0.2) is 64.4 Å². The predicted octanol–water partition coefficient (Wildman–Crippen LogP) is 0.0321. The number of nitrogens with zero attached hydrogens (tertiary/aromatic N) is 5. The Hall–Kier alpha value is -3.61. The first-order valence-electron chi connectivity index (χ1n) is 8.72. The zero-order valence-electron chi connectivity index (χ0n) is 16.2. The third kappa shape index (κ3) is 3.78. The second-order valence-corrected chi connectivity index (χ2v) is 7.89. The van der Waals surface area contributed by atoms with Gasteiger partial charge < -0.3 is 9.47 Å². The van der Waals surface area contributed by atoms with E-state index in [1.807, 2.05) is 0 Å². The molecule has 0 saturated carbocycles.